The maximum absolute atomic E-state index is 12.8. The van der Waals surface area contributed by atoms with Crippen LogP contribution in [0.1, 0.15) is 70.3 Å². The lowest BCUT2D eigenvalue weighted by atomic mass is 9.80. The third-order valence-corrected chi connectivity index (χ3v) is 4.20. The maximum Gasteiger partial charge on any atom is 0.328 e. The lowest BCUT2D eigenvalue weighted by Crippen LogP contribution is -2.51. The quantitative estimate of drug-likeness (QED) is 0.557. The van der Waals surface area contributed by atoms with E-state index in [0.717, 1.165) is 12.0 Å². The topological polar surface area (TPSA) is 81.7 Å². The van der Waals surface area contributed by atoms with Gasteiger partial charge < -0.3 is 14.8 Å². The first-order chi connectivity index (χ1) is 14.4. The minimum Gasteiger partial charge on any atom is -0.467 e. The van der Waals surface area contributed by atoms with E-state index in [1.807, 2.05) is 6.92 Å². The highest BCUT2D eigenvalue weighted by Crippen LogP contribution is 2.28. The number of hydrogen-bond donors (Lipinski definition) is 1. The maximum atomic E-state index is 12.8. The van der Waals surface area contributed by atoms with Gasteiger partial charge in [0.25, 0.3) is 5.91 Å². The highest BCUT2D eigenvalue weighted by atomic mass is 16.6. The summed E-state index contributed by atoms with van der Waals surface area (Å²) in [5, 5.41) is 2.69. The van der Waals surface area contributed by atoms with Gasteiger partial charge >= 0.3 is 11.9 Å². The van der Waals surface area contributed by atoms with Gasteiger partial charge in [-0.15, -0.1) is 0 Å². The number of ether oxygens (including phenoxy) is 2. The molecule has 0 heterocycles. The zero-order valence-corrected chi connectivity index (χ0v) is 19.3. The first-order valence-electron chi connectivity index (χ1n) is 10.1. The molecule has 6 heteroatoms. The van der Waals surface area contributed by atoms with Crippen molar-refractivity contribution in [2.75, 3.05) is 7.11 Å². The molecular weight excluding hydrogens is 394 g/mol. The summed E-state index contributed by atoms with van der Waals surface area (Å²) < 4.78 is 10.2. The molecule has 1 aromatic carbocycles. The number of nitrogens with one attached hydrogen (secondary N) is 1. The fourth-order valence-corrected chi connectivity index (χ4v) is 2.70. The van der Waals surface area contributed by atoms with E-state index < -0.39 is 34.9 Å². The van der Waals surface area contributed by atoms with Crippen LogP contribution in [0.3, 0.4) is 0 Å². The van der Waals surface area contributed by atoms with Crippen LogP contribution in [0.4, 0.5) is 0 Å². The molecule has 0 saturated carbocycles. The van der Waals surface area contributed by atoms with E-state index in [-0.39, 0.29) is 6.42 Å². The smallest absolute Gasteiger partial charge is 0.328 e. The van der Waals surface area contributed by atoms with Crippen molar-refractivity contribution in [2.45, 2.75) is 66.0 Å². The highest BCUT2D eigenvalue weighted by molar-refractivity contribution is 5.97. The zero-order chi connectivity index (χ0) is 23.7. The number of esters is 2. The molecule has 1 amide bonds. The van der Waals surface area contributed by atoms with Crippen molar-refractivity contribution in [3.05, 3.63) is 35.4 Å². The van der Waals surface area contributed by atoms with Gasteiger partial charge in [0, 0.05) is 23.0 Å². The molecule has 0 aliphatic heterocycles. The third-order valence-electron chi connectivity index (χ3n) is 4.20. The fraction of sp³-hybridized carbons (Fsp3) is 0.480. The van der Waals surface area contributed by atoms with Crippen molar-refractivity contribution in [1.29, 1.82) is 0 Å². The molecule has 31 heavy (non-hydrogen) atoms. The second-order valence-electron chi connectivity index (χ2n) is 8.66. The Labute approximate surface area is 185 Å². The molecule has 0 aliphatic rings. The van der Waals surface area contributed by atoms with E-state index in [4.69, 9.17) is 9.47 Å². The average molecular weight is 426 g/mol. The Morgan fingerprint density at radius 1 is 1.03 bits per heavy atom. The van der Waals surface area contributed by atoms with Gasteiger partial charge in [0.2, 0.25) is 0 Å². The molecule has 1 aromatic rings. The molecule has 0 aromatic heterocycles. The third kappa shape index (κ3) is 8.97. The van der Waals surface area contributed by atoms with Crippen LogP contribution in [0.5, 0.6) is 0 Å². The number of hydrogen-bond acceptors (Lipinski definition) is 5. The van der Waals surface area contributed by atoms with Crippen LogP contribution in [-0.2, 0) is 19.1 Å². The largest absolute Gasteiger partial charge is 0.467 e. The number of amides is 1. The second kappa shape index (κ2) is 11.2. The Bertz CT molecular complexity index is 915. The number of carbonyl (C=O) groups is 3. The number of carbonyl (C=O) groups excluding carboxylic acids is 3. The first-order valence-corrected chi connectivity index (χ1v) is 10.1. The van der Waals surface area contributed by atoms with E-state index in [2.05, 4.69) is 29.0 Å². The van der Waals surface area contributed by atoms with Crippen LogP contribution in [0.2, 0.25) is 0 Å². The zero-order valence-electron chi connectivity index (χ0n) is 19.3. The fourth-order valence-electron chi connectivity index (χ4n) is 2.70. The molecular formula is C25H31NO5. The summed E-state index contributed by atoms with van der Waals surface area (Å²) in [6.07, 6.45) is 0.664. The molecule has 1 rings (SSSR count). The molecule has 0 radical (unpaired) electrons. The molecule has 0 aliphatic carbocycles. The number of methoxy groups -OCH3 is 1. The Balaban J connectivity index is 2.98. The monoisotopic (exact) mass is 425 g/mol. The average Bonchev–Trinajstić information content (AvgIpc) is 2.67. The van der Waals surface area contributed by atoms with Crippen molar-refractivity contribution in [1.82, 2.24) is 5.32 Å². The lowest BCUT2D eigenvalue weighted by molar-refractivity contribution is -0.159. The van der Waals surface area contributed by atoms with Crippen LogP contribution in [0.25, 0.3) is 0 Å². The minimum atomic E-state index is -1.04. The van der Waals surface area contributed by atoms with Gasteiger partial charge in [0.1, 0.15) is 11.6 Å². The van der Waals surface area contributed by atoms with Gasteiger partial charge in [-0.05, 0) is 56.9 Å². The van der Waals surface area contributed by atoms with E-state index in [1.54, 1.807) is 58.9 Å². The Hall–Kier alpha value is -3.25. The summed E-state index contributed by atoms with van der Waals surface area (Å²) in [6.45, 7) is 10.6. The summed E-state index contributed by atoms with van der Waals surface area (Å²) in [5.74, 6) is 9.67. The van der Waals surface area contributed by atoms with Crippen LogP contribution < -0.4 is 5.32 Å². The molecule has 0 unspecified atom stereocenters. The Morgan fingerprint density at radius 3 is 2.16 bits per heavy atom. The normalized spacial score (nSPS) is 11.7. The van der Waals surface area contributed by atoms with Gasteiger partial charge in [-0.3, -0.25) is 9.59 Å². The van der Waals surface area contributed by atoms with Crippen LogP contribution in [0.15, 0.2) is 24.3 Å². The van der Waals surface area contributed by atoms with Gasteiger partial charge in [-0.25, -0.2) is 4.79 Å². The highest BCUT2D eigenvalue weighted by Gasteiger charge is 2.40. The van der Waals surface area contributed by atoms with Gasteiger partial charge in [-0.1, -0.05) is 32.6 Å². The molecule has 1 atom stereocenters. The van der Waals surface area contributed by atoms with Gasteiger partial charge in [0.15, 0.2) is 0 Å². The van der Waals surface area contributed by atoms with Crippen LogP contribution >= 0.6 is 0 Å². The van der Waals surface area contributed by atoms with E-state index in [1.165, 1.54) is 7.11 Å². The SMILES string of the molecule is CCC#CC#Cc1ccc(C(=O)N[C@H](C(=O)OC)C(C)(C)CC(=O)OC(C)(C)C)cc1. The molecule has 0 saturated heterocycles. The summed E-state index contributed by atoms with van der Waals surface area (Å²) >= 11 is 0. The first kappa shape index (κ1) is 25.8. The van der Waals surface area contributed by atoms with Crippen molar-refractivity contribution in [2.24, 2.45) is 5.41 Å². The predicted molar refractivity (Wildman–Crippen MR) is 119 cm³/mol. The number of benzene rings is 1. The van der Waals surface area contributed by atoms with Crippen molar-refractivity contribution in [3.63, 3.8) is 0 Å². The summed E-state index contributed by atoms with van der Waals surface area (Å²) in [6, 6.07) is 5.59. The molecule has 1 N–H and O–H groups in total. The minimum absolute atomic E-state index is 0.0718. The van der Waals surface area contributed by atoms with Crippen molar-refractivity contribution in [3.8, 4) is 23.7 Å². The predicted octanol–water partition coefficient (Wildman–Crippen LogP) is 3.48. The molecule has 0 spiro atoms. The van der Waals surface area contributed by atoms with Crippen LogP contribution in [0, 0.1) is 29.1 Å². The Kier molecular flexibility index (Phi) is 9.34. The summed E-state index contributed by atoms with van der Waals surface area (Å²) in [4.78, 5) is 37.5. The molecule has 166 valence electrons. The van der Waals surface area contributed by atoms with Gasteiger partial charge in [0.05, 0.1) is 13.5 Å². The van der Waals surface area contributed by atoms with Crippen molar-refractivity contribution >= 4 is 17.8 Å². The number of rotatable bonds is 6. The molecule has 0 fully saturated rings. The van der Waals surface area contributed by atoms with Crippen LogP contribution in [-0.4, -0.2) is 36.6 Å². The lowest BCUT2D eigenvalue weighted by Gasteiger charge is -2.33. The summed E-state index contributed by atoms with van der Waals surface area (Å²) in [7, 11) is 1.24. The Morgan fingerprint density at radius 2 is 1.65 bits per heavy atom. The van der Waals surface area contributed by atoms with E-state index in [9.17, 15) is 14.4 Å². The molecule has 6 nitrogen and oxygen atoms in total. The van der Waals surface area contributed by atoms with E-state index >= 15 is 0 Å². The van der Waals surface area contributed by atoms with Crippen molar-refractivity contribution < 1.29 is 23.9 Å². The molecule has 0 bridgehead atoms. The standard InChI is InChI=1S/C25H31NO5/c1-8-9-10-11-12-18-13-15-19(16-14-18)22(28)26-21(23(29)30-7)25(5,6)17-20(27)31-24(2,3)4/h13-16,21H,8,17H2,1-7H3,(H,26,28)/t21-/m1/s1. The van der Waals surface area contributed by atoms with E-state index in [0.29, 0.717) is 5.56 Å². The van der Waals surface area contributed by atoms with Gasteiger partial charge in [-0.2, -0.15) is 0 Å². The summed E-state index contributed by atoms with van der Waals surface area (Å²) in [5.41, 5.74) is -0.512. The second-order valence-corrected chi connectivity index (χ2v) is 8.66.